The van der Waals surface area contributed by atoms with Crippen LogP contribution in [0.5, 0.6) is 5.75 Å². The highest BCUT2D eigenvalue weighted by Crippen LogP contribution is 2.25. The Kier molecular flexibility index (Phi) is 3.86. The summed E-state index contributed by atoms with van der Waals surface area (Å²) in [5.41, 5.74) is 1.19. The lowest BCUT2D eigenvalue weighted by Gasteiger charge is -2.08. The molecule has 0 aliphatic rings. The van der Waals surface area contributed by atoms with Gasteiger partial charge in [-0.1, -0.05) is 11.6 Å². The van der Waals surface area contributed by atoms with E-state index in [4.69, 9.17) is 16.3 Å². The zero-order chi connectivity index (χ0) is 14.0. The first-order valence-corrected chi connectivity index (χ1v) is 6.05. The first-order chi connectivity index (χ1) is 9.02. The van der Waals surface area contributed by atoms with E-state index in [1.54, 1.807) is 25.1 Å². The van der Waals surface area contributed by atoms with Crippen LogP contribution >= 0.6 is 11.6 Å². The molecule has 2 aromatic carbocycles. The van der Waals surface area contributed by atoms with Crippen molar-refractivity contribution >= 4 is 17.4 Å². The van der Waals surface area contributed by atoms with Gasteiger partial charge >= 0.3 is 0 Å². The quantitative estimate of drug-likeness (QED) is 0.793. The van der Waals surface area contributed by atoms with E-state index in [1.807, 2.05) is 0 Å². The number of hydrogen-bond donors (Lipinski definition) is 0. The van der Waals surface area contributed by atoms with E-state index in [-0.39, 0.29) is 11.6 Å². The number of hydrogen-bond acceptors (Lipinski definition) is 2. The van der Waals surface area contributed by atoms with Gasteiger partial charge < -0.3 is 4.74 Å². The number of rotatable bonds is 3. The molecule has 0 bridgehead atoms. The Balaban J connectivity index is 2.49. The van der Waals surface area contributed by atoms with Crippen LogP contribution in [0.2, 0.25) is 5.02 Å². The van der Waals surface area contributed by atoms with Crippen LogP contribution < -0.4 is 4.74 Å². The van der Waals surface area contributed by atoms with Crippen molar-refractivity contribution in [3.05, 3.63) is 63.9 Å². The number of carbonyl (C=O) groups is 1. The molecule has 4 heteroatoms. The smallest absolute Gasteiger partial charge is 0.196 e. The second kappa shape index (κ2) is 5.41. The Hall–Kier alpha value is -1.87. The van der Waals surface area contributed by atoms with Crippen LogP contribution in [0.3, 0.4) is 0 Å². The van der Waals surface area contributed by atoms with Gasteiger partial charge in [-0.25, -0.2) is 4.39 Å². The molecule has 2 rings (SSSR count). The lowest BCUT2D eigenvalue weighted by atomic mass is 10.0. The molecule has 0 aliphatic heterocycles. The molecule has 0 aromatic heterocycles. The fourth-order valence-electron chi connectivity index (χ4n) is 1.80. The van der Waals surface area contributed by atoms with E-state index in [2.05, 4.69) is 0 Å². The summed E-state index contributed by atoms with van der Waals surface area (Å²) in [6, 6.07) is 9.06. The molecule has 0 atom stereocenters. The highest BCUT2D eigenvalue weighted by atomic mass is 35.5. The fraction of sp³-hybridized carbons (Fsp3) is 0.133. The van der Waals surface area contributed by atoms with Gasteiger partial charge in [0.05, 0.1) is 12.7 Å². The van der Waals surface area contributed by atoms with Crippen LogP contribution in [0.15, 0.2) is 36.4 Å². The Bertz CT molecular complexity index is 638. The van der Waals surface area contributed by atoms with Crippen molar-refractivity contribution in [2.24, 2.45) is 0 Å². The second-order valence-corrected chi connectivity index (χ2v) is 4.57. The van der Waals surface area contributed by atoms with E-state index in [0.29, 0.717) is 27.5 Å². The predicted octanol–water partition coefficient (Wildman–Crippen LogP) is 4.03. The maximum atomic E-state index is 13.2. The van der Waals surface area contributed by atoms with Crippen LogP contribution in [-0.4, -0.2) is 12.9 Å². The summed E-state index contributed by atoms with van der Waals surface area (Å²) in [6.45, 7) is 1.61. The molecule has 0 N–H and O–H groups in total. The Labute approximate surface area is 115 Å². The number of ketones is 1. The van der Waals surface area contributed by atoms with Crippen LogP contribution in [0.4, 0.5) is 4.39 Å². The number of ether oxygens (including phenoxy) is 1. The van der Waals surface area contributed by atoms with Gasteiger partial charge in [-0.15, -0.1) is 0 Å². The van der Waals surface area contributed by atoms with Crippen LogP contribution in [0.25, 0.3) is 0 Å². The van der Waals surface area contributed by atoms with Gasteiger partial charge in [0.25, 0.3) is 0 Å². The third-order valence-electron chi connectivity index (χ3n) is 2.83. The van der Waals surface area contributed by atoms with E-state index in [9.17, 15) is 9.18 Å². The number of carbonyl (C=O) groups excluding carboxylic acids is 1. The molecule has 0 saturated heterocycles. The predicted molar refractivity (Wildman–Crippen MR) is 72.6 cm³/mol. The molecule has 0 heterocycles. The van der Waals surface area contributed by atoms with Crippen molar-refractivity contribution in [2.75, 3.05) is 7.11 Å². The maximum absolute atomic E-state index is 13.2. The maximum Gasteiger partial charge on any atom is 0.196 e. The molecular formula is C15H12ClFO2. The van der Waals surface area contributed by atoms with E-state index >= 15 is 0 Å². The first kappa shape index (κ1) is 13.6. The summed E-state index contributed by atoms with van der Waals surface area (Å²) in [7, 11) is 1.48. The van der Waals surface area contributed by atoms with Gasteiger partial charge in [0, 0.05) is 10.6 Å². The summed E-state index contributed by atoms with van der Waals surface area (Å²) in [5, 5.41) is 0.447. The molecule has 0 saturated carbocycles. The average molecular weight is 279 g/mol. The average Bonchev–Trinajstić information content (AvgIpc) is 2.41. The van der Waals surface area contributed by atoms with Gasteiger partial charge in [0.15, 0.2) is 5.78 Å². The molecule has 2 aromatic rings. The largest absolute Gasteiger partial charge is 0.496 e. The van der Waals surface area contributed by atoms with Crippen LogP contribution in [0, 0.1) is 12.7 Å². The molecule has 2 nitrogen and oxygen atoms in total. The topological polar surface area (TPSA) is 26.3 Å². The molecule has 98 valence electrons. The van der Waals surface area contributed by atoms with Crippen molar-refractivity contribution in [1.29, 1.82) is 0 Å². The lowest BCUT2D eigenvalue weighted by Crippen LogP contribution is -2.04. The highest BCUT2D eigenvalue weighted by molar-refractivity contribution is 6.31. The third kappa shape index (κ3) is 2.76. The highest BCUT2D eigenvalue weighted by Gasteiger charge is 2.15. The number of aryl methyl sites for hydroxylation is 1. The monoisotopic (exact) mass is 278 g/mol. The molecule has 0 radical (unpaired) electrons. The van der Waals surface area contributed by atoms with Crippen molar-refractivity contribution in [3.63, 3.8) is 0 Å². The number of halogens is 2. The van der Waals surface area contributed by atoms with Gasteiger partial charge in [-0.05, 0) is 48.9 Å². The molecule has 19 heavy (non-hydrogen) atoms. The number of methoxy groups -OCH3 is 1. The minimum atomic E-state index is -0.338. The van der Waals surface area contributed by atoms with Gasteiger partial charge in [0.2, 0.25) is 0 Å². The van der Waals surface area contributed by atoms with Crippen molar-refractivity contribution < 1.29 is 13.9 Å². The zero-order valence-corrected chi connectivity index (χ0v) is 11.3. The normalized spacial score (nSPS) is 10.3. The standard InChI is InChI=1S/C15H12ClFO2/c1-9-7-10(3-5-13(9)17)15(18)12-8-11(16)4-6-14(12)19-2/h3-8H,1-2H3. The summed E-state index contributed by atoms with van der Waals surface area (Å²) < 4.78 is 18.4. The molecule has 0 spiro atoms. The Morgan fingerprint density at radius 3 is 2.58 bits per heavy atom. The molecule has 0 unspecified atom stereocenters. The van der Waals surface area contributed by atoms with Crippen molar-refractivity contribution in [1.82, 2.24) is 0 Å². The Morgan fingerprint density at radius 2 is 1.95 bits per heavy atom. The summed E-state index contributed by atoms with van der Waals surface area (Å²) in [5.74, 6) is -0.145. The van der Waals surface area contributed by atoms with Gasteiger partial charge in [0.1, 0.15) is 11.6 Å². The second-order valence-electron chi connectivity index (χ2n) is 4.14. The summed E-state index contributed by atoms with van der Waals surface area (Å²) in [6.07, 6.45) is 0. The van der Waals surface area contributed by atoms with E-state index in [1.165, 1.54) is 25.3 Å². The molecule has 0 amide bonds. The summed E-state index contributed by atoms with van der Waals surface area (Å²) >= 11 is 5.89. The van der Waals surface area contributed by atoms with E-state index in [0.717, 1.165) is 0 Å². The molecule has 0 fully saturated rings. The zero-order valence-electron chi connectivity index (χ0n) is 10.5. The molecule has 0 aliphatic carbocycles. The SMILES string of the molecule is COc1ccc(Cl)cc1C(=O)c1ccc(F)c(C)c1. The van der Waals surface area contributed by atoms with E-state index < -0.39 is 0 Å². The minimum absolute atomic E-state index is 0.248. The minimum Gasteiger partial charge on any atom is -0.496 e. The fourth-order valence-corrected chi connectivity index (χ4v) is 1.97. The van der Waals surface area contributed by atoms with Crippen LogP contribution in [0.1, 0.15) is 21.5 Å². The van der Waals surface area contributed by atoms with Crippen molar-refractivity contribution in [3.8, 4) is 5.75 Å². The molecular weight excluding hydrogens is 267 g/mol. The van der Waals surface area contributed by atoms with Crippen molar-refractivity contribution in [2.45, 2.75) is 6.92 Å². The number of benzene rings is 2. The van der Waals surface area contributed by atoms with Gasteiger partial charge in [-0.3, -0.25) is 4.79 Å². The van der Waals surface area contributed by atoms with Crippen LogP contribution in [-0.2, 0) is 0 Å². The third-order valence-corrected chi connectivity index (χ3v) is 3.06. The summed E-state index contributed by atoms with van der Waals surface area (Å²) in [4.78, 5) is 12.4. The van der Waals surface area contributed by atoms with Gasteiger partial charge in [-0.2, -0.15) is 0 Å². The first-order valence-electron chi connectivity index (χ1n) is 5.67. The Morgan fingerprint density at radius 1 is 1.21 bits per heavy atom. The lowest BCUT2D eigenvalue weighted by molar-refractivity contribution is 0.103.